The number of carbonyl (C=O) groups excluding carboxylic acids is 2. The van der Waals surface area contributed by atoms with Gasteiger partial charge in [0.1, 0.15) is 19.7 Å². The van der Waals surface area contributed by atoms with Crippen molar-refractivity contribution in [3.8, 4) is 0 Å². The number of esters is 1. The van der Waals surface area contributed by atoms with Crippen LogP contribution < -0.4 is 11.0 Å². The third kappa shape index (κ3) is 3.83. The highest BCUT2D eigenvalue weighted by Gasteiger charge is 2.14. The van der Waals surface area contributed by atoms with Crippen LogP contribution in [-0.4, -0.2) is 27.6 Å². The van der Waals surface area contributed by atoms with Crippen molar-refractivity contribution in [1.29, 1.82) is 0 Å². The topological polar surface area (TPSA) is 82.3 Å². The molecule has 1 aromatic heterocycles. The van der Waals surface area contributed by atoms with E-state index in [4.69, 9.17) is 4.74 Å². The van der Waals surface area contributed by atoms with E-state index in [0.717, 1.165) is 11.1 Å². The minimum Gasteiger partial charge on any atom is -0.460 e. The number of nitrogens with zero attached hydrogens (tertiary/aromatic N) is 2. The van der Waals surface area contributed by atoms with Crippen molar-refractivity contribution in [3.05, 3.63) is 70.6 Å². The van der Waals surface area contributed by atoms with Crippen LogP contribution in [0.15, 0.2) is 59.4 Å². The standard InChI is InChI=1S/C19H19N3O4/c1-21-15-9-5-6-10-16(15)22(19(21)25)12-17(23)20-11-18(24)26-13-14-7-3-2-4-8-14/h2-10H,11-13H2,1H3,(H,20,23). The molecule has 3 aromatic rings. The number of benzene rings is 2. The van der Waals surface area contributed by atoms with Crippen LogP contribution in [0.2, 0.25) is 0 Å². The maximum absolute atomic E-state index is 12.3. The van der Waals surface area contributed by atoms with Gasteiger partial charge in [-0.15, -0.1) is 0 Å². The summed E-state index contributed by atoms with van der Waals surface area (Å²) < 4.78 is 7.96. The van der Waals surface area contributed by atoms with Crippen molar-refractivity contribution < 1.29 is 14.3 Å². The SMILES string of the molecule is Cn1c(=O)n(CC(=O)NCC(=O)OCc2ccccc2)c2ccccc21. The molecule has 0 spiro atoms. The third-order valence-electron chi connectivity index (χ3n) is 4.03. The number of aromatic nitrogens is 2. The first-order chi connectivity index (χ1) is 12.6. The number of carbonyl (C=O) groups is 2. The van der Waals surface area contributed by atoms with E-state index >= 15 is 0 Å². The normalized spacial score (nSPS) is 10.7. The Labute approximate surface area is 149 Å². The van der Waals surface area contributed by atoms with E-state index in [-0.39, 0.29) is 25.4 Å². The molecule has 0 aliphatic rings. The first-order valence-electron chi connectivity index (χ1n) is 8.17. The zero-order valence-corrected chi connectivity index (χ0v) is 14.3. The molecule has 0 atom stereocenters. The number of nitrogens with one attached hydrogen (secondary N) is 1. The molecule has 0 aliphatic carbocycles. The highest BCUT2D eigenvalue weighted by atomic mass is 16.5. The van der Waals surface area contributed by atoms with Crippen molar-refractivity contribution in [3.63, 3.8) is 0 Å². The molecule has 7 heteroatoms. The first-order valence-corrected chi connectivity index (χ1v) is 8.17. The molecule has 1 heterocycles. The fourth-order valence-electron chi connectivity index (χ4n) is 2.68. The maximum atomic E-state index is 12.3. The summed E-state index contributed by atoms with van der Waals surface area (Å²) in [6.45, 7) is -0.254. The Morgan fingerprint density at radius 3 is 2.38 bits per heavy atom. The van der Waals surface area contributed by atoms with Gasteiger partial charge in [-0.2, -0.15) is 0 Å². The number of rotatable bonds is 6. The van der Waals surface area contributed by atoms with Crippen molar-refractivity contribution in [2.24, 2.45) is 7.05 Å². The molecule has 0 unspecified atom stereocenters. The Bertz CT molecular complexity index is 989. The molecule has 7 nitrogen and oxygen atoms in total. The lowest BCUT2D eigenvalue weighted by atomic mass is 10.2. The van der Waals surface area contributed by atoms with Gasteiger partial charge < -0.3 is 10.1 Å². The van der Waals surface area contributed by atoms with Gasteiger partial charge in [-0.05, 0) is 17.7 Å². The summed E-state index contributed by atoms with van der Waals surface area (Å²) in [5.41, 5.74) is 2.00. The average molecular weight is 353 g/mol. The second-order valence-electron chi connectivity index (χ2n) is 5.84. The van der Waals surface area contributed by atoms with E-state index in [9.17, 15) is 14.4 Å². The number of amides is 1. The third-order valence-corrected chi connectivity index (χ3v) is 4.03. The second kappa shape index (κ2) is 7.69. The van der Waals surface area contributed by atoms with Crippen LogP contribution in [0.4, 0.5) is 0 Å². The van der Waals surface area contributed by atoms with Gasteiger partial charge in [-0.25, -0.2) is 4.79 Å². The zero-order valence-electron chi connectivity index (χ0n) is 14.3. The Hall–Kier alpha value is -3.35. The maximum Gasteiger partial charge on any atom is 0.329 e. The molecule has 2 aromatic carbocycles. The average Bonchev–Trinajstić information content (AvgIpc) is 2.91. The van der Waals surface area contributed by atoms with Gasteiger partial charge in [0.15, 0.2) is 0 Å². The number of hydrogen-bond acceptors (Lipinski definition) is 4. The van der Waals surface area contributed by atoms with E-state index in [1.165, 1.54) is 9.13 Å². The molecule has 0 radical (unpaired) electrons. The van der Waals surface area contributed by atoms with Crippen LogP contribution >= 0.6 is 0 Å². The molecule has 1 amide bonds. The Balaban J connectivity index is 1.56. The lowest BCUT2D eigenvalue weighted by molar-refractivity contribution is -0.145. The summed E-state index contributed by atoms with van der Waals surface area (Å²) in [5, 5.41) is 2.49. The molecule has 26 heavy (non-hydrogen) atoms. The van der Waals surface area contributed by atoms with E-state index in [2.05, 4.69) is 5.32 Å². The van der Waals surface area contributed by atoms with Crippen LogP contribution in [0.1, 0.15) is 5.56 Å². The fraction of sp³-hybridized carbons (Fsp3) is 0.211. The van der Waals surface area contributed by atoms with Gasteiger partial charge in [-0.3, -0.25) is 18.7 Å². The molecular weight excluding hydrogens is 334 g/mol. The number of imidazole rings is 1. The first kappa shape index (κ1) is 17.5. The van der Waals surface area contributed by atoms with Crippen molar-refractivity contribution in [2.45, 2.75) is 13.2 Å². The highest BCUT2D eigenvalue weighted by Crippen LogP contribution is 2.11. The molecule has 0 bridgehead atoms. The molecule has 134 valence electrons. The number of hydrogen-bond donors (Lipinski definition) is 1. The Morgan fingerprint density at radius 2 is 1.65 bits per heavy atom. The molecule has 3 rings (SSSR count). The summed E-state index contributed by atoms with van der Waals surface area (Å²) in [6.07, 6.45) is 0. The number of ether oxygens (including phenoxy) is 1. The summed E-state index contributed by atoms with van der Waals surface area (Å²) >= 11 is 0. The van der Waals surface area contributed by atoms with Crippen molar-refractivity contribution in [1.82, 2.24) is 14.5 Å². The largest absolute Gasteiger partial charge is 0.460 e. The van der Waals surface area contributed by atoms with Crippen LogP contribution in [0.5, 0.6) is 0 Å². The predicted octanol–water partition coefficient (Wildman–Crippen LogP) is 1.20. The van der Waals surface area contributed by atoms with Crippen LogP contribution in [-0.2, 0) is 34.5 Å². The van der Waals surface area contributed by atoms with Gasteiger partial charge in [0.2, 0.25) is 5.91 Å². The smallest absolute Gasteiger partial charge is 0.329 e. The molecule has 0 aliphatic heterocycles. The van der Waals surface area contributed by atoms with Gasteiger partial charge in [0.25, 0.3) is 0 Å². The Morgan fingerprint density at radius 1 is 1.00 bits per heavy atom. The van der Waals surface area contributed by atoms with Gasteiger partial charge in [0.05, 0.1) is 11.0 Å². The molecule has 0 saturated carbocycles. The molecule has 0 saturated heterocycles. The number of aryl methyl sites for hydroxylation is 1. The molecule has 1 N–H and O–H groups in total. The van der Waals surface area contributed by atoms with E-state index in [0.29, 0.717) is 5.52 Å². The van der Waals surface area contributed by atoms with Crippen LogP contribution in [0.3, 0.4) is 0 Å². The quantitative estimate of drug-likeness (QED) is 0.675. The number of fused-ring (bicyclic) bond motifs is 1. The minimum atomic E-state index is -0.535. The highest BCUT2D eigenvalue weighted by molar-refractivity contribution is 5.83. The summed E-state index contributed by atoms with van der Waals surface area (Å²) in [4.78, 5) is 36.1. The van der Waals surface area contributed by atoms with E-state index < -0.39 is 11.9 Å². The van der Waals surface area contributed by atoms with Crippen molar-refractivity contribution >= 4 is 22.9 Å². The molecular formula is C19H19N3O4. The van der Waals surface area contributed by atoms with Gasteiger partial charge >= 0.3 is 11.7 Å². The molecule has 0 fully saturated rings. The lowest BCUT2D eigenvalue weighted by Crippen LogP contribution is -2.35. The second-order valence-corrected chi connectivity index (χ2v) is 5.84. The van der Waals surface area contributed by atoms with E-state index in [1.54, 1.807) is 19.2 Å². The van der Waals surface area contributed by atoms with Crippen LogP contribution in [0, 0.1) is 0 Å². The Kier molecular flexibility index (Phi) is 5.17. The van der Waals surface area contributed by atoms with Crippen LogP contribution in [0.25, 0.3) is 11.0 Å². The summed E-state index contributed by atoms with van der Waals surface area (Å²) in [6, 6.07) is 16.5. The monoisotopic (exact) mass is 353 g/mol. The van der Waals surface area contributed by atoms with Gasteiger partial charge in [0, 0.05) is 7.05 Å². The lowest BCUT2D eigenvalue weighted by Gasteiger charge is -2.07. The van der Waals surface area contributed by atoms with Gasteiger partial charge in [-0.1, -0.05) is 42.5 Å². The minimum absolute atomic E-state index is 0.151. The van der Waals surface area contributed by atoms with E-state index in [1.807, 2.05) is 42.5 Å². The number of para-hydroxylation sites is 2. The zero-order chi connectivity index (χ0) is 18.5. The van der Waals surface area contributed by atoms with Crippen molar-refractivity contribution in [2.75, 3.05) is 6.54 Å². The summed E-state index contributed by atoms with van der Waals surface area (Å²) in [7, 11) is 1.65. The summed E-state index contributed by atoms with van der Waals surface area (Å²) in [5.74, 6) is -0.965. The fourth-order valence-corrected chi connectivity index (χ4v) is 2.68. The predicted molar refractivity (Wildman–Crippen MR) is 96.4 cm³/mol.